The Hall–Kier alpha value is -0.860. The molecule has 0 atom stereocenters. The first-order valence-corrected chi connectivity index (χ1v) is 7.18. The molecule has 2 N–H and O–H groups in total. The van der Waals surface area contributed by atoms with Gasteiger partial charge in [0.25, 0.3) is 10.0 Å². The van der Waals surface area contributed by atoms with Crippen LogP contribution in [0.25, 0.3) is 0 Å². The zero-order valence-electron chi connectivity index (χ0n) is 8.42. The maximum Gasteiger partial charge on any atom is 0.267 e. The van der Waals surface area contributed by atoms with E-state index in [4.69, 9.17) is 5.14 Å². The highest BCUT2D eigenvalue weighted by atomic mass is 32.2. The number of carbonyl (C=O) groups is 1. The van der Waals surface area contributed by atoms with Crippen molar-refractivity contribution < 1.29 is 13.2 Å². The lowest BCUT2D eigenvalue weighted by Crippen LogP contribution is -2.11. The molecule has 0 amide bonds. The van der Waals surface area contributed by atoms with Gasteiger partial charge in [-0.3, -0.25) is 4.79 Å². The zero-order valence-corrected chi connectivity index (χ0v) is 10.1. The summed E-state index contributed by atoms with van der Waals surface area (Å²) >= 11 is 0.860. The number of carbonyl (C=O) groups excluding carboxylic acids is 1. The smallest absolute Gasteiger partial charge is 0.267 e. The molecule has 1 heterocycles. The van der Waals surface area contributed by atoms with E-state index in [9.17, 15) is 13.2 Å². The summed E-state index contributed by atoms with van der Waals surface area (Å²) in [4.78, 5) is 11.5. The Bertz CT molecular complexity index is 504. The Morgan fingerprint density at radius 2 is 2.12 bits per heavy atom. The number of sulfonamides is 1. The van der Waals surface area contributed by atoms with Gasteiger partial charge in [0, 0.05) is 6.42 Å². The van der Waals surface area contributed by atoms with Gasteiger partial charge in [0.05, 0.1) is 6.42 Å². The molecule has 0 unspecified atom stereocenters. The van der Waals surface area contributed by atoms with Gasteiger partial charge in [-0.2, -0.15) is 0 Å². The number of hydrogen-bond donors (Lipinski definition) is 1. The highest BCUT2D eigenvalue weighted by Gasteiger charge is 2.25. The average Bonchev–Trinajstić information content (AvgIpc) is 2.80. The van der Waals surface area contributed by atoms with Crippen molar-refractivity contribution >= 4 is 27.1 Å². The molecule has 0 saturated heterocycles. The van der Waals surface area contributed by atoms with Gasteiger partial charge in [0.2, 0.25) is 4.34 Å². The van der Waals surface area contributed by atoms with Crippen LogP contribution in [0.15, 0.2) is 4.34 Å². The van der Waals surface area contributed by atoms with Crippen LogP contribution < -0.4 is 5.14 Å². The molecule has 16 heavy (non-hydrogen) atoms. The van der Waals surface area contributed by atoms with E-state index < -0.39 is 10.0 Å². The van der Waals surface area contributed by atoms with Gasteiger partial charge in [-0.05, 0) is 18.8 Å². The molecule has 0 aromatic carbocycles. The maximum atomic E-state index is 11.5. The number of nitrogens with zero attached hydrogens (tertiary/aromatic N) is 2. The van der Waals surface area contributed by atoms with Crippen molar-refractivity contribution in [3.05, 3.63) is 5.01 Å². The van der Waals surface area contributed by atoms with E-state index in [1.807, 2.05) is 0 Å². The molecular formula is C8H11N3O3S2. The Kier molecular flexibility index (Phi) is 3.04. The SMILES string of the molecule is NS(=O)(=O)c1nnc(CC(=O)CC2CC2)s1. The van der Waals surface area contributed by atoms with Crippen molar-refractivity contribution in [1.29, 1.82) is 0 Å². The fourth-order valence-corrected chi connectivity index (χ4v) is 2.82. The van der Waals surface area contributed by atoms with Crippen LogP contribution in [0.4, 0.5) is 0 Å². The second-order valence-electron chi connectivity index (χ2n) is 3.87. The standard InChI is InChI=1S/C8H11N3O3S2/c9-16(13,14)8-11-10-7(15-8)4-6(12)3-5-1-2-5/h5H,1-4H2,(H2,9,13,14). The van der Waals surface area contributed by atoms with Gasteiger partial charge in [-0.1, -0.05) is 11.3 Å². The van der Waals surface area contributed by atoms with Gasteiger partial charge in [-0.15, -0.1) is 10.2 Å². The third-order valence-electron chi connectivity index (χ3n) is 2.25. The van der Waals surface area contributed by atoms with Gasteiger partial charge < -0.3 is 0 Å². The molecule has 1 saturated carbocycles. The minimum absolute atomic E-state index is 0.0830. The predicted octanol–water partition coefficient (Wildman–Crippen LogP) is 0.0972. The molecular weight excluding hydrogens is 250 g/mol. The summed E-state index contributed by atoms with van der Waals surface area (Å²) in [5.41, 5.74) is 0. The maximum absolute atomic E-state index is 11.5. The zero-order chi connectivity index (χ0) is 11.8. The van der Waals surface area contributed by atoms with Crippen molar-refractivity contribution in [3.8, 4) is 0 Å². The number of nitrogens with two attached hydrogens (primary N) is 1. The fraction of sp³-hybridized carbons (Fsp3) is 0.625. The highest BCUT2D eigenvalue weighted by molar-refractivity contribution is 7.91. The van der Waals surface area contributed by atoms with Crippen LogP contribution in [0.2, 0.25) is 0 Å². The van der Waals surface area contributed by atoms with Crippen LogP contribution >= 0.6 is 11.3 Å². The largest absolute Gasteiger partial charge is 0.299 e. The number of ketones is 1. The van der Waals surface area contributed by atoms with E-state index in [-0.39, 0.29) is 16.5 Å². The van der Waals surface area contributed by atoms with Gasteiger partial charge in [0.1, 0.15) is 10.8 Å². The number of aromatic nitrogens is 2. The molecule has 1 aliphatic carbocycles. The third-order valence-corrected chi connectivity index (χ3v) is 4.49. The van der Waals surface area contributed by atoms with Crippen LogP contribution in [0.5, 0.6) is 0 Å². The van der Waals surface area contributed by atoms with Crippen LogP contribution in [-0.2, 0) is 21.2 Å². The van der Waals surface area contributed by atoms with Gasteiger partial charge in [-0.25, -0.2) is 13.6 Å². The first-order valence-electron chi connectivity index (χ1n) is 4.82. The van der Waals surface area contributed by atoms with Gasteiger partial charge >= 0.3 is 0 Å². The molecule has 6 nitrogen and oxygen atoms in total. The number of hydrogen-bond acceptors (Lipinski definition) is 6. The van der Waals surface area contributed by atoms with Crippen LogP contribution in [0, 0.1) is 5.92 Å². The first kappa shape index (κ1) is 11.6. The summed E-state index contributed by atoms with van der Waals surface area (Å²) in [6.07, 6.45) is 2.95. The number of rotatable bonds is 5. The minimum Gasteiger partial charge on any atom is -0.299 e. The number of primary sulfonamides is 1. The average molecular weight is 261 g/mol. The molecule has 0 spiro atoms. The van der Waals surface area contributed by atoms with Crippen LogP contribution in [0.1, 0.15) is 24.3 Å². The second-order valence-corrected chi connectivity index (χ2v) is 6.67. The fourth-order valence-electron chi connectivity index (χ4n) is 1.31. The van der Waals surface area contributed by atoms with E-state index in [2.05, 4.69) is 10.2 Å². The normalized spacial score (nSPS) is 16.3. The van der Waals surface area contributed by atoms with Crippen molar-refractivity contribution in [1.82, 2.24) is 10.2 Å². The van der Waals surface area contributed by atoms with Crippen molar-refractivity contribution in [2.24, 2.45) is 11.1 Å². The molecule has 1 fully saturated rings. The number of Topliss-reactive ketones (excluding diaryl/α,β-unsaturated/α-hetero) is 1. The first-order chi connectivity index (χ1) is 7.45. The van der Waals surface area contributed by atoms with Gasteiger partial charge in [0.15, 0.2) is 0 Å². The van der Waals surface area contributed by atoms with Crippen molar-refractivity contribution in [2.75, 3.05) is 0 Å². The molecule has 88 valence electrons. The van der Waals surface area contributed by atoms with E-state index >= 15 is 0 Å². The van der Waals surface area contributed by atoms with Crippen molar-refractivity contribution in [2.45, 2.75) is 30.0 Å². The summed E-state index contributed by atoms with van der Waals surface area (Å²) < 4.78 is 21.6. The Morgan fingerprint density at radius 1 is 1.44 bits per heavy atom. The second kappa shape index (κ2) is 4.19. The third kappa shape index (κ3) is 3.06. The molecule has 8 heteroatoms. The predicted molar refractivity (Wildman–Crippen MR) is 57.3 cm³/mol. The lowest BCUT2D eigenvalue weighted by molar-refractivity contribution is -0.118. The summed E-state index contributed by atoms with van der Waals surface area (Å²) in [7, 11) is -3.79. The molecule has 0 bridgehead atoms. The lowest BCUT2D eigenvalue weighted by atomic mass is 10.1. The van der Waals surface area contributed by atoms with E-state index in [0.717, 1.165) is 24.2 Å². The highest BCUT2D eigenvalue weighted by Crippen LogP contribution is 2.32. The monoisotopic (exact) mass is 261 g/mol. The van der Waals surface area contributed by atoms with E-state index in [0.29, 0.717) is 17.3 Å². The minimum atomic E-state index is -3.79. The Labute approximate surface area is 96.9 Å². The molecule has 1 aliphatic rings. The van der Waals surface area contributed by atoms with Crippen LogP contribution in [0.3, 0.4) is 0 Å². The van der Waals surface area contributed by atoms with E-state index in [1.54, 1.807) is 0 Å². The summed E-state index contributed by atoms with van der Waals surface area (Å²) in [6.45, 7) is 0. The van der Waals surface area contributed by atoms with Crippen molar-refractivity contribution in [3.63, 3.8) is 0 Å². The van der Waals surface area contributed by atoms with Crippen LogP contribution in [-0.4, -0.2) is 24.4 Å². The molecule has 2 rings (SSSR count). The quantitative estimate of drug-likeness (QED) is 0.809. The Balaban J connectivity index is 1.99. The molecule has 0 aliphatic heterocycles. The summed E-state index contributed by atoms with van der Waals surface area (Å²) in [5, 5.41) is 12.4. The molecule has 1 aromatic rings. The lowest BCUT2D eigenvalue weighted by Gasteiger charge is -1.93. The molecule has 0 radical (unpaired) electrons. The molecule has 1 aromatic heterocycles. The van der Waals surface area contributed by atoms with E-state index in [1.165, 1.54) is 0 Å². The Morgan fingerprint density at radius 3 is 2.62 bits per heavy atom. The summed E-state index contributed by atoms with van der Waals surface area (Å²) in [6, 6.07) is 0. The summed E-state index contributed by atoms with van der Waals surface area (Å²) in [5.74, 6) is 0.609. The topological polar surface area (TPSA) is 103 Å².